The molecule has 0 bridgehead atoms. The number of guanidine groups is 1. The van der Waals surface area contributed by atoms with Crippen molar-refractivity contribution in [1.29, 1.82) is 0 Å². The summed E-state index contributed by atoms with van der Waals surface area (Å²) in [5.74, 6) is 2.59. The van der Waals surface area contributed by atoms with Crippen molar-refractivity contribution in [2.24, 2.45) is 12.0 Å². The molecule has 7 nitrogen and oxygen atoms in total. The average molecular weight is 448 g/mol. The predicted octanol–water partition coefficient (Wildman–Crippen LogP) is 1.92. The van der Waals surface area contributed by atoms with Crippen molar-refractivity contribution >= 4 is 29.9 Å². The lowest BCUT2D eigenvalue weighted by Crippen LogP contribution is -2.43. The summed E-state index contributed by atoms with van der Waals surface area (Å²) in [6, 6.07) is 0.425. The quantitative estimate of drug-likeness (QED) is 0.209. The third-order valence-electron chi connectivity index (χ3n) is 3.87. The van der Waals surface area contributed by atoms with Gasteiger partial charge in [0.2, 0.25) is 0 Å². The molecular weight excluding hydrogens is 419 g/mol. The van der Waals surface area contributed by atoms with E-state index < -0.39 is 0 Å². The van der Waals surface area contributed by atoms with Crippen LogP contribution in [0, 0.1) is 6.92 Å². The minimum Gasteiger partial charge on any atom is -0.382 e. The van der Waals surface area contributed by atoms with Gasteiger partial charge in [-0.1, -0.05) is 12.2 Å². The van der Waals surface area contributed by atoms with Gasteiger partial charge in [-0.2, -0.15) is 0 Å². The lowest BCUT2D eigenvalue weighted by Gasteiger charge is -2.17. The molecule has 136 valence electrons. The molecule has 0 fully saturated rings. The van der Waals surface area contributed by atoms with Gasteiger partial charge in [-0.15, -0.1) is 34.2 Å². The molecule has 24 heavy (non-hydrogen) atoms. The molecule has 0 atom stereocenters. The first-order valence-electron chi connectivity index (χ1n) is 8.33. The normalized spacial score (nSPS) is 14.7. The van der Waals surface area contributed by atoms with Crippen LogP contribution in [0.15, 0.2) is 17.1 Å². The van der Waals surface area contributed by atoms with Crippen LogP contribution in [0.2, 0.25) is 0 Å². The van der Waals surface area contributed by atoms with Crippen LogP contribution in [-0.2, 0) is 18.3 Å². The summed E-state index contributed by atoms with van der Waals surface area (Å²) in [6.45, 7) is 6.83. The number of aromatic nitrogens is 3. The SMILES string of the molecule is CCOCCCNC(=NCc1nnc(C)n1C)NC1CC=CC1.I. The van der Waals surface area contributed by atoms with Crippen molar-refractivity contribution in [2.45, 2.75) is 45.7 Å². The van der Waals surface area contributed by atoms with Crippen molar-refractivity contribution in [2.75, 3.05) is 19.8 Å². The Bertz CT molecular complexity index is 535. The maximum Gasteiger partial charge on any atom is 0.191 e. The second-order valence-electron chi connectivity index (χ2n) is 5.65. The Balaban J connectivity index is 0.00000288. The van der Waals surface area contributed by atoms with E-state index in [1.54, 1.807) is 0 Å². The van der Waals surface area contributed by atoms with Gasteiger partial charge in [-0.05, 0) is 33.1 Å². The van der Waals surface area contributed by atoms with Gasteiger partial charge < -0.3 is 19.9 Å². The molecule has 0 saturated heterocycles. The molecule has 2 N–H and O–H groups in total. The van der Waals surface area contributed by atoms with Gasteiger partial charge in [0.15, 0.2) is 11.8 Å². The number of ether oxygens (including phenoxy) is 1. The third-order valence-corrected chi connectivity index (χ3v) is 3.87. The van der Waals surface area contributed by atoms with Crippen molar-refractivity contribution in [3.8, 4) is 0 Å². The molecule has 1 heterocycles. The molecule has 1 aliphatic rings. The van der Waals surface area contributed by atoms with E-state index in [1.807, 2.05) is 25.5 Å². The molecule has 1 aromatic rings. The van der Waals surface area contributed by atoms with E-state index in [0.717, 1.165) is 56.6 Å². The average Bonchev–Trinajstić information content (AvgIpc) is 3.16. The molecule has 2 rings (SSSR count). The minimum absolute atomic E-state index is 0. The molecule has 8 heteroatoms. The van der Waals surface area contributed by atoms with Crippen LogP contribution in [0.3, 0.4) is 0 Å². The zero-order valence-electron chi connectivity index (χ0n) is 14.8. The van der Waals surface area contributed by atoms with E-state index in [4.69, 9.17) is 4.74 Å². The highest BCUT2D eigenvalue weighted by atomic mass is 127. The number of hydrogen-bond acceptors (Lipinski definition) is 4. The first-order valence-corrected chi connectivity index (χ1v) is 8.33. The van der Waals surface area contributed by atoms with Crippen molar-refractivity contribution in [3.05, 3.63) is 23.8 Å². The molecule has 0 aromatic carbocycles. The molecule has 0 saturated carbocycles. The Morgan fingerprint density at radius 2 is 2.12 bits per heavy atom. The Morgan fingerprint density at radius 1 is 1.38 bits per heavy atom. The number of nitrogens with zero attached hydrogens (tertiary/aromatic N) is 4. The number of aryl methyl sites for hydroxylation is 1. The molecule has 0 spiro atoms. The van der Waals surface area contributed by atoms with Crippen LogP contribution in [0.4, 0.5) is 0 Å². The fraction of sp³-hybridized carbons (Fsp3) is 0.688. The van der Waals surface area contributed by atoms with E-state index in [1.165, 1.54) is 0 Å². The van der Waals surface area contributed by atoms with E-state index in [9.17, 15) is 0 Å². The summed E-state index contributed by atoms with van der Waals surface area (Å²) < 4.78 is 7.33. The Labute approximate surface area is 161 Å². The van der Waals surface area contributed by atoms with E-state index in [-0.39, 0.29) is 24.0 Å². The summed E-state index contributed by atoms with van der Waals surface area (Å²) in [4.78, 5) is 4.65. The van der Waals surface area contributed by atoms with Gasteiger partial charge in [0.05, 0.1) is 0 Å². The zero-order valence-corrected chi connectivity index (χ0v) is 17.1. The minimum atomic E-state index is 0. The third kappa shape index (κ3) is 6.76. The summed E-state index contributed by atoms with van der Waals surface area (Å²) in [5, 5.41) is 15.1. The lowest BCUT2D eigenvalue weighted by molar-refractivity contribution is 0.145. The van der Waals surface area contributed by atoms with Crippen molar-refractivity contribution in [3.63, 3.8) is 0 Å². The van der Waals surface area contributed by atoms with Crippen LogP contribution < -0.4 is 10.6 Å². The van der Waals surface area contributed by atoms with E-state index >= 15 is 0 Å². The summed E-state index contributed by atoms with van der Waals surface area (Å²) in [7, 11) is 1.96. The second-order valence-corrected chi connectivity index (χ2v) is 5.65. The van der Waals surface area contributed by atoms with Crippen LogP contribution in [0.5, 0.6) is 0 Å². The molecular formula is C16H29IN6O. The molecule has 0 aliphatic heterocycles. The molecule has 0 radical (unpaired) electrons. The number of aliphatic imine (C=N–C) groups is 1. The zero-order chi connectivity index (χ0) is 16.5. The Morgan fingerprint density at radius 3 is 2.75 bits per heavy atom. The van der Waals surface area contributed by atoms with Crippen LogP contribution in [0.1, 0.15) is 37.8 Å². The van der Waals surface area contributed by atoms with Gasteiger partial charge in [0, 0.05) is 32.8 Å². The molecule has 1 aliphatic carbocycles. The fourth-order valence-electron chi connectivity index (χ4n) is 2.34. The van der Waals surface area contributed by atoms with Crippen LogP contribution in [0.25, 0.3) is 0 Å². The number of rotatable bonds is 8. The largest absolute Gasteiger partial charge is 0.382 e. The predicted molar refractivity (Wildman–Crippen MR) is 107 cm³/mol. The highest BCUT2D eigenvalue weighted by molar-refractivity contribution is 14.0. The number of nitrogens with one attached hydrogen (secondary N) is 2. The van der Waals surface area contributed by atoms with E-state index in [0.29, 0.717) is 12.6 Å². The molecule has 1 aromatic heterocycles. The molecule has 0 amide bonds. The summed E-state index contributed by atoms with van der Waals surface area (Å²) >= 11 is 0. The lowest BCUT2D eigenvalue weighted by atomic mass is 10.2. The Hall–Kier alpha value is -1.16. The monoisotopic (exact) mass is 448 g/mol. The second kappa shape index (κ2) is 11.4. The first kappa shape index (κ1) is 20.9. The standard InChI is InChI=1S/C16H28N6O.HI/c1-4-23-11-7-10-17-16(19-14-8-5-6-9-14)18-12-15-21-20-13(2)22(15)3;/h5-6,14H,4,7-12H2,1-3H3,(H2,17,18,19);1H. The summed E-state index contributed by atoms with van der Waals surface area (Å²) in [6.07, 6.45) is 7.46. The maximum absolute atomic E-state index is 5.36. The first-order chi connectivity index (χ1) is 11.2. The molecule has 0 unspecified atom stereocenters. The van der Waals surface area contributed by atoms with Gasteiger partial charge in [-0.3, -0.25) is 0 Å². The van der Waals surface area contributed by atoms with Crippen LogP contribution >= 0.6 is 24.0 Å². The number of halogens is 1. The number of hydrogen-bond donors (Lipinski definition) is 2. The fourth-order valence-corrected chi connectivity index (χ4v) is 2.34. The Kier molecular flexibility index (Phi) is 9.92. The van der Waals surface area contributed by atoms with Crippen molar-refractivity contribution < 1.29 is 4.74 Å². The van der Waals surface area contributed by atoms with E-state index in [2.05, 4.69) is 38.0 Å². The smallest absolute Gasteiger partial charge is 0.191 e. The highest BCUT2D eigenvalue weighted by Gasteiger charge is 2.12. The topological polar surface area (TPSA) is 76.4 Å². The van der Waals surface area contributed by atoms with Gasteiger partial charge in [0.25, 0.3) is 0 Å². The summed E-state index contributed by atoms with van der Waals surface area (Å²) in [5.41, 5.74) is 0. The van der Waals surface area contributed by atoms with Crippen LogP contribution in [-0.4, -0.2) is 46.5 Å². The highest BCUT2D eigenvalue weighted by Crippen LogP contribution is 2.09. The van der Waals surface area contributed by atoms with Crippen molar-refractivity contribution in [1.82, 2.24) is 25.4 Å². The maximum atomic E-state index is 5.36. The van der Waals surface area contributed by atoms with Gasteiger partial charge >= 0.3 is 0 Å². The van der Waals surface area contributed by atoms with Gasteiger partial charge in [0.1, 0.15) is 12.4 Å². The van der Waals surface area contributed by atoms with Gasteiger partial charge in [-0.25, -0.2) is 4.99 Å².